The Kier molecular flexibility index (Phi) is 2.51. The van der Waals surface area contributed by atoms with Gasteiger partial charge in [0.15, 0.2) is 5.82 Å². The average molecular weight is 202 g/mol. The van der Waals surface area contributed by atoms with Crippen LogP contribution in [0.25, 0.3) is 0 Å². The minimum Gasteiger partial charge on any atom is -0.318 e. The van der Waals surface area contributed by atoms with E-state index in [-0.39, 0.29) is 6.04 Å². The molecule has 1 heterocycles. The molecule has 1 aromatic heterocycles. The van der Waals surface area contributed by atoms with Gasteiger partial charge in [0.2, 0.25) is 0 Å². The van der Waals surface area contributed by atoms with Crippen LogP contribution in [-0.2, 0) is 0 Å². The predicted molar refractivity (Wildman–Crippen MR) is 58.3 cm³/mol. The van der Waals surface area contributed by atoms with Crippen molar-refractivity contribution in [3.8, 4) is 0 Å². The van der Waals surface area contributed by atoms with Gasteiger partial charge in [-0.1, -0.05) is 29.8 Å². The standard InChI is InChI=1S/C11H14N4/c1-7-3-5-9(6-4-7)10(12)11-13-8(2)14-15-11/h3-6,10H,12H2,1-2H3,(H,13,14,15)/t10-/m0/s1. The Balaban J connectivity index is 2.28. The second-order valence-corrected chi connectivity index (χ2v) is 3.67. The molecule has 0 fully saturated rings. The quantitative estimate of drug-likeness (QED) is 0.774. The lowest BCUT2D eigenvalue weighted by molar-refractivity contribution is 0.787. The molecule has 0 bridgehead atoms. The molecule has 0 spiro atoms. The summed E-state index contributed by atoms with van der Waals surface area (Å²) in [6.07, 6.45) is 0. The van der Waals surface area contributed by atoms with Gasteiger partial charge in [-0.3, -0.25) is 5.10 Å². The fourth-order valence-corrected chi connectivity index (χ4v) is 1.42. The Morgan fingerprint density at radius 2 is 1.87 bits per heavy atom. The molecule has 0 aliphatic rings. The SMILES string of the molecule is Cc1ccc([C@H](N)c2n[nH]c(C)n2)cc1. The van der Waals surface area contributed by atoms with Crippen LogP contribution < -0.4 is 5.73 Å². The third-order valence-electron chi connectivity index (χ3n) is 2.33. The number of nitrogens with one attached hydrogen (secondary N) is 1. The molecule has 2 rings (SSSR count). The van der Waals surface area contributed by atoms with Crippen molar-refractivity contribution in [3.63, 3.8) is 0 Å². The maximum atomic E-state index is 6.03. The van der Waals surface area contributed by atoms with Crippen LogP contribution in [0.3, 0.4) is 0 Å². The van der Waals surface area contributed by atoms with E-state index < -0.39 is 0 Å². The highest BCUT2D eigenvalue weighted by Gasteiger charge is 2.12. The smallest absolute Gasteiger partial charge is 0.171 e. The molecule has 3 N–H and O–H groups in total. The number of nitrogens with two attached hydrogens (primary N) is 1. The Hall–Kier alpha value is -1.68. The highest BCUT2D eigenvalue weighted by molar-refractivity contribution is 5.27. The maximum absolute atomic E-state index is 6.03. The van der Waals surface area contributed by atoms with Crippen LogP contribution in [0.1, 0.15) is 28.8 Å². The first-order chi connectivity index (χ1) is 7.16. The first-order valence-electron chi connectivity index (χ1n) is 4.88. The zero-order valence-electron chi connectivity index (χ0n) is 8.86. The molecule has 0 aliphatic carbocycles. The number of rotatable bonds is 2. The van der Waals surface area contributed by atoms with E-state index in [9.17, 15) is 0 Å². The van der Waals surface area contributed by atoms with Crippen LogP contribution in [0.2, 0.25) is 0 Å². The normalized spacial score (nSPS) is 12.7. The molecule has 0 unspecified atom stereocenters. The monoisotopic (exact) mass is 202 g/mol. The lowest BCUT2D eigenvalue weighted by atomic mass is 10.1. The molecule has 0 amide bonds. The van der Waals surface area contributed by atoms with E-state index in [1.807, 2.05) is 38.1 Å². The molecule has 4 heteroatoms. The van der Waals surface area contributed by atoms with E-state index >= 15 is 0 Å². The number of H-pyrrole nitrogens is 1. The molecule has 2 aromatic rings. The number of hydrogen-bond donors (Lipinski definition) is 2. The van der Waals surface area contributed by atoms with Gasteiger partial charge in [-0.05, 0) is 19.4 Å². The number of aromatic nitrogens is 3. The Labute approximate surface area is 88.5 Å². The average Bonchev–Trinajstić information content (AvgIpc) is 2.65. The summed E-state index contributed by atoms with van der Waals surface area (Å²) in [5, 5.41) is 6.84. The molecular formula is C11H14N4. The number of aryl methyl sites for hydroxylation is 2. The summed E-state index contributed by atoms with van der Waals surface area (Å²) in [6.45, 7) is 3.91. The molecule has 1 atom stereocenters. The van der Waals surface area contributed by atoms with Gasteiger partial charge < -0.3 is 5.73 Å². The van der Waals surface area contributed by atoms with Gasteiger partial charge in [-0.2, -0.15) is 5.10 Å². The van der Waals surface area contributed by atoms with Crippen LogP contribution in [0.15, 0.2) is 24.3 Å². The van der Waals surface area contributed by atoms with Crippen LogP contribution >= 0.6 is 0 Å². The Bertz CT molecular complexity index is 444. The van der Waals surface area contributed by atoms with Crippen LogP contribution in [-0.4, -0.2) is 15.2 Å². The molecule has 0 radical (unpaired) electrons. The van der Waals surface area contributed by atoms with E-state index in [1.165, 1.54) is 5.56 Å². The number of nitrogens with zero attached hydrogens (tertiary/aromatic N) is 2. The summed E-state index contributed by atoms with van der Waals surface area (Å²) < 4.78 is 0. The second-order valence-electron chi connectivity index (χ2n) is 3.67. The van der Waals surface area contributed by atoms with Crippen molar-refractivity contribution in [2.75, 3.05) is 0 Å². The van der Waals surface area contributed by atoms with E-state index in [0.29, 0.717) is 5.82 Å². The molecule has 15 heavy (non-hydrogen) atoms. The van der Waals surface area contributed by atoms with Crippen LogP contribution in [0.4, 0.5) is 0 Å². The predicted octanol–water partition coefficient (Wildman–Crippen LogP) is 1.47. The van der Waals surface area contributed by atoms with E-state index in [0.717, 1.165) is 11.4 Å². The van der Waals surface area contributed by atoms with Crippen molar-refractivity contribution >= 4 is 0 Å². The van der Waals surface area contributed by atoms with E-state index in [2.05, 4.69) is 15.2 Å². The molecule has 0 saturated carbocycles. The fourth-order valence-electron chi connectivity index (χ4n) is 1.42. The zero-order chi connectivity index (χ0) is 10.8. The molecule has 0 aliphatic heterocycles. The summed E-state index contributed by atoms with van der Waals surface area (Å²) in [7, 11) is 0. The van der Waals surface area contributed by atoms with E-state index in [4.69, 9.17) is 5.73 Å². The summed E-state index contributed by atoms with van der Waals surface area (Å²) >= 11 is 0. The van der Waals surface area contributed by atoms with Crippen molar-refractivity contribution in [1.29, 1.82) is 0 Å². The topological polar surface area (TPSA) is 67.6 Å². The summed E-state index contributed by atoms with van der Waals surface area (Å²) in [5.41, 5.74) is 8.28. The van der Waals surface area contributed by atoms with Crippen LogP contribution in [0, 0.1) is 13.8 Å². The lowest BCUT2D eigenvalue weighted by Gasteiger charge is -2.07. The van der Waals surface area contributed by atoms with Gasteiger partial charge in [-0.25, -0.2) is 4.98 Å². The molecule has 78 valence electrons. The van der Waals surface area contributed by atoms with Gasteiger partial charge >= 0.3 is 0 Å². The van der Waals surface area contributed by atoms with Crippen molar-refractivity contribution in [1.82, 2.24) is 15.2 Å². The minimum atomic E-state index is -0.254. The molecule has 4 nitrogen and oxygen atoms in total. The van der Waals surface area contributed by atoms with E-state index in [1.54, 1.807) is 0 Å². The van der Waals surface area contributed by atoms with Gasteiger partial charge in [0, 0.05) is 0 Å². The summed E-state index contributed by atoms with van der Waals surface area (Å²) in [4.78, 5) is 4.22. The first-order valence-corrected chi connectivity index (χ1v) is 4.88. The Morgan fingerprint density at radius 3 is 2.40 bits per heavy atom. The van der Waals surface area contributed by atoms with Gasteiger partial charge in [-0.15, -0.1) is 0 Å². The highest BCUT2D eigenvalue weighted by atomic mass is 15.2. The Morgan fingerprint density at radius 1 is 1.20 bits per heavy atom. The molecule has 1 aromatic carbocycles. The number of benzene rings is 1. The van der Waals surface area contributed by atoms with Crippen molar-refractivity contribution in [2.45, 2.75) is 19.9 Å². The fraction of sp³-hybridized carbons (Fsp3) is 0.273. The summed E-state index contributed by atoms with van der Waals surface area (Å²) in [5.74, 6) is 1.42. The van der Waals surface area contributed by atoms with Gasteiger partial charge in [0.05, 0.1) is 6.04 Å². The third-order valence-corrected chi connectivity index (χ3v) is 2.33. The second kappa shape index (κ2) is 3.82. The first kappa shape index (κ1) is 9.86. The minimum absolute atomic E-state index is 0.254. The van der Waals surface area contributed by atoms with Crippen LogP contribution in [0.5, 0.6) is 0 Å². The molecule has 0 saturated heterocycles. The number of hydrogen-bond acceptors (Lipinski definition) is 3. The number of aromatic amines is 1. The van der Waals surface area contributed by atoms with Crippen molar-refractivity contribution in [3.05, 3.63) is 47.0 Å². The van der Waals surface area contributed by atoms with Crippen molar-refractivity contribution in [2.24, 2.45) is 5.73 Å². The van der Waals surface area contributed by atoms with Gasteiger partial charge in [0.1, 0.15) is 5.82 Å². The largest absolute Gasteiger partial charge is 0.318 e. The zero-order valence-corrected chi connectivity index (χ0v) is 8.86. The molecular weight excluding hydrogens is 188 g/mol. The van der Waals surface area contributed by atoms with Gasteiger partial charge in [0.25, 0.3) is 0 Å². The summed E-state index contributed by atoms with van der Waals surface area (Å²) in [6, 6.07) is 7.83. The maximum Gasteiger partial charge on any atom is 0.171 e. The lowest BCUT2D eigenvalue weighted by Crippen LogP contribution is -2.13. The van der Waals surface area contributed by atoms with Crippen molar-refractivity contribution < 1.29 is 0 Å². The highest BCUT2D eigenvalue weighted by Crippen LogP contribution is 2.16. The third kappa shape index (κ3) is 2.05.